The molecular formula is C44H100O3Zr3. The van der Waals surface area contributed by atoms with Gasteiger partial charge in [-0.15, -0.1) is 0 Å². The summed E-state index contributed by atoms with van der Waals surface area (Å²) >= 11 is -9.12. The molecule has 0 aliphatic carbocycles. The Morgan fingerprint density at radius 1 is 0.440 bits per heavy atom. The summed E-state index contributed by atoms with van der Waals surface area (Å²) in [4.78, 5) is 0. The monoisotopic (exact) mass is 946 g/mol. The van der Waals surface area contributed by atoms with Gasteiger partial charge in [-0.3, -0.25) is 0 Å². The van der Waals surface area contributed by atoms with Crippen LogP contribution in [0.3, 0.4) is 0 Å². The molecule has 50 heavy (non-hydrogen) atoms. The molecule has 0 aliphatic rings. The minimum absolute atomic E-state index is 0.476. The molecule has 0 rings (SSSR count). The molecule has 0 aromatic heterocycles. The van der Waals surface area contributed by atoms with E-state index in [1.165, 1.54) is 0 Å². The molecule has 0 N–H and O–H groups in total. The van der Waals surface area contributed by atoms with E-state index in [1.54, 1.807) is 0 Å². The maximum absolute atomic E-state index is 13.7. The molecule has 0 amide bonds. The zero-order valence-corrected chi connectivity index (χ0v) is 46.9. The van der Waals surface area contributed by atoms with Crippen LogP contribution < -0.4 is 0 Å². The topological polar surface area (TPSA) is 35.5 Å². The Balaban J connectivity index is -0.000000678. The molecule has 0 atom stereocenters. The zero-order chi connectivity index (χ0) is 40.7. The first-order valence-electron chi connectivity index (χ1n) is 21.5. The number of rotatable bonds is 18. The molecule has 0 aliphatic heterocycles. The molecule has 306 valence electrons. The van der Waals surface area contributed by atoms with Crippen molar-refractivity contribution in [3.63, 3.8) is 0 Å². The van der Waals surface area contributed by atoms with E-state index >= 15 is 0 Å². The molecule has 0 aromatic rings. The molecular weight excluding hydrogens is 850 g/mol. The summed E-state index contributed by atoms with van der Waals surface area (Å²) in [5.74, 6) is 0. The van der Waals surface area contributed by atoms with Crippen LogP contribution in [0.1, 0.15) is 218 Å². The summed E-state index contributed by atoms with van der Waals surface area (Å²) in [6.45, 7) is 59.5. The van der Waals surface area contributed by atoms with Gasteiger partial charge in [-0.25, -0.2) is 0 Å². The second-order valence-electron chi connectivity index (χ2n) is 21.3. The number of hydrogen-bond acceptors (Lipinski definition) is 3. The SMILES string of the molecule is CCCC[O][Zr](=[O])([CH2]CCC)([CH2]CCC)[O]CCCC.C[CH](C)[Zr]([CH](C)C)([CH](C)C)[CH](C)C.C[C](C)(C)[Zr]([C](C)(C)C)([C](C)(C)C)[C](C)(C)C. The van der Waals surface area contributed by atoms with Crippen molar-refractivity contribution in [3.05, 3.63) is 0 Å². The van der Waals surface area contributed by atoms with Crippen molar-refractivity contribution in [1.29, 1.82) is 0 Å². The second-order valence-corrected chi connectivity index (χ2v) is 66.6. The van der Waals surface area contributed by atoms with E-state index in [2.05, 4.69) is 166 Å². The molecule has 0 bridgehead atoms. The summed E-state index contributed by atoms with van der Waals surface area (Å²) in [6.07, 6.45) is 8.10. The van der Waals surface area contributed by atoms with Gasteiger partial charge in [0.15, 0.2) is 0 Å². The summed E-state index contributed by atoms with van der Waals surface area (Å²) < 4.78 is 33.0. The van der Waals surface area contributed by atoms with Crippen molar-refractivity contribution < 1.29 is 68.6 Å². The van der Waals surface area contributed by atoms with Crippen LogP contribution in [0.2, 0.25) is 35.3 Å². The predicted molar refractivity (Wildman–Crippen MR) is 221 cm³/mol. The fraction of sp³-hybridized carbons (Fsp3) is 1.00. The quantitative estimate of drug-likeness (QED) is 0.128. The molecule has 0 heterocycles. The van der Waals surface area contributed by atoms with E-state index in [4.69, 9.17) is 5.63 Å². The third-order valence-corrected chi connectivity index (χ3v) is 64.8. The van der Waals surface area contributed by atoms with E-state index in [0.717, 1.165) is 65.9 Å². The van der Waals surface area contributed by atoms with Crippen LogP contribution in [0.4, 0.5) is 0 Å². The van der Waals surface area contributed by atoms with Gasteiger partial charge in [0.25, 0.3) is 0 Å². The van der Waals surface area contributed by atoms with Gasteiger partial charge in [-0.2, -0.15) is 0 Å². The predicted octanol–water partition coefficient (Wildman–Crippen LogP) is 18.4. The summed E-state index contributed by atoms with van der Waals surface area (Å²) in [5, 5.41) is 0. The second kappa shape index (κ2) is 23.6. The first kappa shape index (κ1) is 56.7. The third kappa shape index (κ3) is 15.7. The normalized spacial score (nSPS) is 14.3. The standard InChI is InChI=1S/2C4H9O.6C4H9.4C3H7.O.3Zr/c2*1-2-3-4-5;4*1-4(2)3;2*1-3-4-2;4*1-3-2;;;;/h2*2-4H2,1H3;4*1-3H3;2*1,3-4H2,2H3;4*3H,1-2H3;;;;/q2*-1;;;;;;;;;;;;;;+2. The average molecular weight is 951 g/mol. The van der Waals surface area contributed by atoms with Crippen molar-refractivity contribution in [2.45, 2.75) is 253 Å². The van der Waals surface area contributed by atoms with Crippen LogP contribution in [-0.4, -0.2) is 13.2 Å². The third-order valence-electron chi connectivity index (χ3n) is 12.4. The van der Waals surface area contributed by atoms with Crippen molar-refractivity contribution >= 4 is 0 Å². The fourth-order valence-electron chi connectivity index (χ4n) is 13.1. The van der Waals surface area contributed by atoms with Gasteiger partial charge in [0.2, 0.25) is 0 Å². The summed E-state index contributed by atoms with van der Waals surface area (Å²) in [6, 6.07) is 0. The number of unbranched alkanes of at least 4 members (excludes halogenated alkanes) is 4. The Hall–Kier alpha value is 2.37. The molecule has 0 saturated heterocycles. The van der Waals surface area contributed by atoms with Crippen molar-refractivity contribution in [3.8, 4) is 0 Å². The van der Waals surface area contributed by atoms with Gasteiger partial charge < -0.3 is 0 Å². The van der Waals surface area contributed by atoms with E-state index in [0.29, 0.717) is 34.0 Å². The first-order valence-corrected chi connectivity index (χ1v) is 38.6. The van der Waals surface area contributed by atoms with Crippen LogP contribution in [-0.2, 0) is 68.6 Å². The van der Waals surface area contributed by atoms with Gasteiger partial charge in [-0.1, -0.05) is 0 Å². The van der Waals surface area contributed by atoms with E-state index in [-0.39, 0.29) is 0 Å². The van der Waals surface area contributed by atoms with Gasteiger partial charge in [-0.05, 0) is 0 Å². The molecule has 6 heteroatoms. The first-order chi connectivity index (χ1) is 22.3. The van der Waals surface area contributed by atoms with Crippen LogP contribution in [0.25, 0.3) is 0 Å². The van der Waals surface area contributed by atoms with Gasteiger partial charge in [0, 0.05) is 0 Å². The molecule has 0 aromatic carbocycles. The molecule has 0 unspecified atom stereocenters. The van der Waals surface area contributed by atoms with E-state index in [9.17, 15) is 2.81 Å². The van der Waals surface area contributed by atoms with Crippen LogP contribution in [0.15, 0.2) is 0 Å². The van der Waals surface area contributed by atoms with Gasteiger partial charge in [0.1, 0.15) is 0 Å². The van der Waals surface area contributed by atoms with Gasteiger partial charge >= 0.3 is 335 Å². The average Bonchev–Trinajstić information content (AvgIpc) is 2.88. The van der Waals surface area contributed by atoms with Crippen LogP contribution >= 0.6 is 0 Å². The number of hydrogen-bond donors (Lipinski definition) is 0. The van der Waals surface area contributed by atoms with E-state index in [1.807, 2.05) is 0 Å². The minimum atomic E-state index is -4.65. The zero-order valence-electron chi connectivity index (χ0n) is 39.5. The molecule has 3 nitrogen and oxygen atoms in total. The Bertz CT molecular complexity index is 810. The van der Waals surface area contributed by atoms with Crippen molar-refractivity contribution in [2.75, 3.05) is 13.2 Å². The molecule has 0 radical (unpaired) electrons. The molecule has 0 saturated carbocycles. The Morgan fingerprint density at radius 2 is 0.660 bits per heavy atom. The van der Waals surface area contributed by atoms with Crippen molar-refractivity contribution in [2.24, 2.45) is 0 Å². The van der Waals surface area contributed by atoms with E-state index < -0.39 is 60.2 Å². The summed E-state index contributed by atoms with van der Waals surface area (Å²) in [7, 11) is 0. The van der Waals surface area contributed by atoms with Crippen LogP contribution in [0.5, 0.6) is 0 Å². The van der Waals surface area contributed by atoms with Crippen molar-refractivity contribution in [1.82, 2.24) is 0 Å². The maximum atomic E-state index is 13.7. The Labute approximate surface area is 331 Å². The summed E-state index contributed by atoms with van der Waals surface area (Å²) in [5.41, 5.74) is 0. The fourth-order valence-corrected chi connectivity index (χ4v) is 76.3. The molecule has 0 spiro atoms. The Morgan fingerprint density at radius 3 is 0.780 bits per heavy atom. The molecule has 0 fully saturated rings. The van der Waals surface area contributed by atoms with Gasteiger partial charge in [0.05, 0.1) is 0 Å². The van der Waals surface area contributed by atoms with Crippen LogP contribution in [0, 0.1) is 0 Å². The Kier molecular flexibility index (Phi) is 26.7.